The summed E-state index contributed by atoms with van der Waals surface area (Å²) >= 11 is 0. The number of benzene rings is 2. The van der Waals surface area contributed by atoms with Gasteiger partial charge < -0.3 is 10.1 Å². The number of methoxy groups -OCH3 is 1. The smallest absolute Gasteiger partial charge is 0.123 e. The minimum absolute atomic E-state index is 0.0111. The molecule has 2 atom stereocenters. The van der Waals surface area contributed by atoms with Crippen molar-refractivity contribution >= 4 is 0 Å². The van der Waals surface area contributed by atoms with E-state index >= 15 is 0 Å². The third kappa shape index (κ3) is 2.99. The highest BCUT2D eigenvalue weighted by molar-refractivity contribution is 5.39. The van der Waals surface area contributed by atoms with Gasteiger partial charge in [-0.2, -0.15) is 0 Å². The Bertz CT molecular complexity index is 556. The molecule has 1 N–H and O–H groups in total. The molecule has 0 saturated heterocycles. The van der Waals surface area contributed by atoms with Gasteiger partial charge >= 0.3 is 0 Å². The summed E-state index contributed by atoms with van der Waals surface area (Å²) in [5, 5.41) is 3.27. The normalized spacial score (nSPS) is 13.8. The number of likely N-dealkylation sites (N-methyl/N-ethyl adjacent to an activating group) is 1. The lowest BCUT2D eigenvalue weighted by molar-refractivity contribution is 0.392. The first-order valence-corrected chi connectivity index (χ1v) is 6.73. The minimum Gasteiger partial charge on any atom is -0.496 e. The molecule has 2 rings (SSSR count). The largest absolute Gasteiger partial charge is 0.496 e. The zero-order valence-corrected chi connectivity index (χ0v) is 12.1. The van der Waals surface area contributed by atoms with E-state index in [4.69, 9.17) is 4.74 Å². The lowest BCUT2D eigenvalue weighted by atomic mass is 9.88. The molecule has 2 nitrogen and oxygen atoms in total. The van der Waals surface area contributed by atoms with Crippen LogP contribution in [0.5, 0.6) is 5.75 Å². The van der Waals surface area contributed by atoms with E-state index in [0.717, 1.165) is 5.56 Å². The molecular weight excluding hydrogens is 253 g/mol. The van der Waals surface area contributed by atoms with E-state index in [-0.39, 0.29) is 17.8 Å². The number of hydrogen-bond acceptors (Lipinski definition) is 2. The average molecular weight is 273 g/mol. The van der Waals surface area contributed by atoms with Crippen molar-refractivity contribution in [1.82, 2.24) is 5.32 Å². The molecule has 2 aromatic rings. The molecule has 0 amide bonds. The second-order valence-corrected chi connectivity index (χ2v) is 4.85. The zero-order valence-electron chi connectivity index (χ0n) is 12.1. The molecule has 0 spiro atoms. The van der Waals surface area contributed by atoms with Crippen molar-refractivity contribution in [3.8, 4) is 5.75 Å². The van der Waals surface area contributed by atoms with Crippen molar-refractivity contribution in [2.24, 2.45) is 0 Å². The second kappa shape index (κ2) is 6.53. The van der Waals surface area contributed by atoms with E-state index in [0.29, 0.717) is 5.75 Å². The summed E-state index contributed by atoms with van der Waals surface area (Å²) in [6, 6.07) is 14.8. The van der Waals surface area contributed by atoms with Gasteiger partial charge in [0.15, 0.2) is 0 Å². The van der Waals surface area contributed by atoms with Crippen LogP contribution in [-0.2, 0) is 0 Å². The number of nitrogens with one attached hydrogen (secondary N) is 1. The van der Waals surface area contributed by atoms with Crippen molar-refractivity contribution in [2.45, 2.75) is 18.9 Å². The lowest BCUT2D eigenvalue weighted by Gasteiger charge is -2.26. The Labute approximate surface area is 119 Å². The van der Waals surface area contributed by atoms with Gasteiger partial charge in [0.25, 0.3) is 0 Å². The Morgan fingerprint density at radius 2 is 1.80 bits per heavy atom. The Balaban J connectivity index is 2.40. The second-order valence-electron chi connectivity index (χ2n) is 4.85. The van der Waals surface area contributed by atoms with Gasteiger partial charge in [-0.3, -0.25) is 0 Å². The van der Waals surface area contributed by atoms with E-state index < -0.39 is 0 Å². The van der Waals surface area contributed by atoms with E-state index in [1.807, 2.05) is 25.2 Å². The van der Waals surface area contributed by atoms with Crippen LogP contribution in [0.15, 0.2) is 48.5 Å². The van der Waals surface area contributed by atoms with Crippen molar-refractivity contribution < 1.29 is 9.13 Å². The van der Waals surface area contributed by atoms with Crippen LogP contribution in [0.2, 0.25) is 0 Å². The van der Waals surface area contributed by atoms with Crippen molar-refractivity contribution in [3.63, 3.8) is 0 Å². The maximum absolute atomic E-state index is 13.6. The Kier molecular flexibility index (Phi) is 4.74. The van der Waals surface area contributed by atoms with Gasteiger partial charge in [0.05, 0.1) is 7.11 Å². The van der Waals surface area contributed by atoms with Gasteiger partial charge in [-0.25, -0.2) is 4.39 Å². The first kappa shape index (κ1) is 14.5. The molecule has 106 valence electrons. The SMILES string of the molecule is CNC(c1cc(F)ccc1OC)C(C)c1ccccc1. The predicted octanol–water partition coefficient (Wildman–Crippen LogP) is 3.90. The van der Waals surface area contributed by atoms with Gasteiger partial charge in [0, 0.05) is 17.5 Å². The summed E-state index contributed by atoms with van der Waals surface area (Å²) in [6.07, 6.45) is 0. The van der Waals surface area contributed by atoms with Crippen molar-refractivity contribution in [2.75, 3.05) is 14.2 Å². The summed E-state index contributed by atoms with van der Waals surface area (Å²) in [4.78, 5) is 0. The quantitative estimate of drug-likeness (QED) is 0.892. The fourth-order valence-electron chi connectivity index (χ4n) is 2.57. The van der Waals surface area contributed by atoms with Gasteiger partial charge in [0.1, 0.15) is 11.6 Å². The van der Waals surface area contributed by atoms with Crippen LogP contribution in [0.3, 0.4) is 0 Å². The standard InChI is InChI=1S/C17H20FNO/c1-12(13-7-5-4-6-8-13)17(19-2)15-11-14(18)9-10-16(15)20-3/h4-12,17,19H,1-3H3. The number of halogens is 1. The number of ether oxygens (including phenoxy) is 1. The summed E-state index contributed by atoms with van der Waals surface area (Å²) < 4.78 is 18.9. The maximum Gasteiger partial charge on any atom is 0.123 e. The molecule has 0 heterocycles. The molecule has 2 aromatic carbocycles. The summed E-state index contributed by atoms with van der Waals surface area (Å²) in [5.41, 5.74) is 2.05. The van der Waals surface area contributed by atoms with Crippen molar-refractivity contribution in [1.29, 1.82) is 0 Å². The van der Waals surface area contributed by atoms with Gasteiger partial charge in [-0.05, 0) is 30.8 Å². The van der Waals surface area contributed by atoms with Gasteiger partial charge in [-0.15, -0.1) is 0 Å². The van der Waals surface area contributed by atoms with E-state index in [1.54, 1.807) is 19.2 Å². The molecule has 0 aliphatic rings. The average Bonchev–Trinajstić information content (AvgIpc) is 2.49. The Morgan fingerprint density at radius 1 is 1.10 bits per heavy atom. The predicted molar refractivity (Wildman–Crippen MR) is 79.6 cm³/mol. The van der Waals surface area contributed by atoms with E-state index in [2.05, 4.69) is 24.4 Å². The molecule has 2 unspecified atom stereocenters. The third-order valence-electron chi connectivity index (χ3n) is 3.66. The summed E-state index contributed by atoms with van der Waals surface area (Å²) in [5.74, 6) is 0.659. The molecular formula is C17H20FNO. The highest BCUT2D eigenvalue weighted by atomic mass is 19.1. The zero-order chi connectivity index (χ0) is 14.5. The topological polar surface area (TPSA) is 21.3 Å². The fraction of sp³-hybridized carbons (Fsp3) is 0.294. The van der Waals surface area contributed by atoms with Crippen LogP contribution in [0.1, 0.15) is 30.0 Å². The maximum atomic E-state index is 13.6. The lowest BCUT2D eigenvalue weighted by Crippen LogP contribution is -2.23. The van der Waals surface area contributed by atoms with Gasteiger partial charge in [-0.1, -0.05) is 37.3 Å². The monoisotopic (exact) mass is 273 g/mol. The van der Waals surface area contributed by atoms with Crippen molar-refractivity contribution in [3.05, 3.63) is 65.5 Å². The molecule has 0 aromatic heterocycles. The Hall–Kier alpha value is -1.87. The molecule has 0 aliphatic heterocycles. The highest BCUT2D eigenvalue weighted by Gasteiger charge is 2.22. The van der Waals surface area contributed by atoms with Gasteiger partial charge in [0.2, 0.25) is 0 Å². The molecule has 0 saturated carbocycles. The third-order valence-corrected chi connectivity index (χ3v) is 3.66. The Morgan fingerprint density at radius 3 is 2.40 bits per heavy atom. The van der Waals surface area contributed by atoms with Crippen LogP contribution >= 0.6 is 0 Å². The molecule has 20 heavy (non-hydrogen) atoms. The molecule has 0 bridgehead atoms. The van der Waals surface area contributed by atoms with E-state index in [1.165, 1.54) is 11.6 Å². The van der Waals surface area contributed by atoms with Crippen LogP contribution in [0.25, 0.3) is 0 Å². The summed E-state index contributed by atoms with van der Waals surface area (Å²) in [7, 11) is 3.49. The summed E-state index contributed by atoms with van der Waals surface area (Å²) in [6.45, 7) is 2.13. The first-order valence-electron chi connectivity index (χ1n) is 6.73. The van der Waals surface area contributed by atoms with E-state index in [9.17, 15) is 4.39 Å². The fourth-order valence-corrected chi connectivity index (χ4v) is 2.57. The molecule has 0 aliphatic carbocycles. The molecule has 3 heteroatoms. The highest BCUT2D eigenvalue weighted by Crippen LogP contribution is 2.35. The number of hydrogen-bond donors (Lipinski definition) is 1. The molecule has 0 radical (unpaired) electrons. The van der Waals surface area contributed by atoms with Crippen LogP contribution in [-0.4, -0.2) is 14.2 Å². The number of rotatable bonds is 5. The first-order chi connectivity index (χ1) is 9.67. The van der Waals surface area contributed by atoms with Crippen LogP contribution in [0.4, 0.5) is 4.39 Å². The molecule has 0 fully saturated rings. The minimum atomic E-state index is -0.249. The van der Waals surface area contributed by atoms with Crippen LogP contribution in [0, 0.1) is 5.82 Å². The van der Waals surface area contributed by atoms with Crippen LogP contribution < -0.4 is 10.1 Å².